The van der Waals surface area contributed by atoms with Crippen molar-refractivity contribution in [3.63, 3.8) is 0 Å². The van der Waals surface area contributed by atoms with E-state index in [0.29, 0.717) is 12.6 Å². The molecule has 1 aromatic rings. The van der Waals surface area contributed by atoms with Crippen LogP contribution < -0.4 is 20.1 Å². The summed E-state index contributed by atoms with van der Waals surface area (Å²) in [5.41, 5.74) is 1.08. The molecule has 0 aliphatic heterocycles. The van der Waals surface area contributed by atoms with Gasteiger partial charge in [-0.25, -0.2) is 0 Å². The molecule has 1 saturated carbocycles. The van der Waals surface area contributed by atoms with Gasteiger partial charge in [-0.1, -0.05) is 19.3 Å². The average Bonchev–Trinajstić information content (AvgIpc) is 2.59. The Balaban J connectivity index is 0.00000264. The molecule has 1 aromatic carbocycles. The van der Waals surface area contributed by atoms with Gasteiger partial charge in [0.15, 0.2) is 5.96 Å². The Bertz CT molecular complexity index is 503. The highest BCUT2D eigenvalue weighted by atomic mass is 127. The van der Waals surface area contributed by atoms with Crippen molar-refractivity contribution >= 4 is 29.9 Å². The lowest BCUT2D eigenvalue weighted by atomic mass is 9.96. The summed E-state index contributed by atoms with van der Waals surface area (Å²) in [6.45, 7) is 0.666. The van der Waals surface area contributed by atoms with Crippen molar-refractivity contribution in [2.45, 2.75) is 44.7 Å². The zero-order chi connectivity index (χ0) is 15.8. The summed E-state index contributed by atoms with van der Waals surface area (Å²) in [6.07, 6.45) is 6.42. The molecule has 0 spiro atoms. The van der Waals surface area contributed by atoms with Crippen molar-refractivity contribution in [2.24, 2.45) is 4.99 Å². The van der Waals surface area contributed by atoms with Crippen LogP contribution in [0.1, 0.15) is 37.7 Å². The van der Waals surface area contributed by atoms with E-state index in [1.165, 1.54) is 32.1 Å². The minimum Gasteiger partial charge on any atom is -0.497 e. The fraction of sp³-hybridized carbons (Fsp3) is 0.588. The first-order valence-electron chi connectivity index (χ1n) is 7.95. The van der Waals surface area contributed by atoms with Gasteiger partial charge in [-0.15, -0.1) is 24.0 Å². The number of benzene rings is 1. The molecule has 5 nitrogen and oxygen atoms in total. The molecule has 1 aliphatic rings. The third-order valence-corrected chi connectivity index (χ3v) is 4.11. The SMILES string of the molecule is CN=C(NCc1ccc(OC)cc1OC)NC1CCCCC1.I. The number of nitrogens with one attached hydrogen (secondary N) is 2. The summed E-state index contributed by atoms with van der Waals surface area (Å²) in [4.78, 5) is 4.32. The molecule has 1 fully saturated rings. The number of guanidine groups is 1. The van der Waals surface area contributed by atoms with E-state index in [2.05, 4.69) is 15.6 Å². The number of nitrogens with zero attached hydrogens (tertiary/aromatic N) is 1. The van der Waals surface area contributed by atoms with Gasteiger partial charge in [-0.3, -0.25) is 4.99 Å². The minimum atomic E-state index is 0. The van der Waals surface area contributed by atoms with Crippen molar-refractivity contribution in [1.82, 2.24) is 10.6 Å². The molecule has 2 N–H and O–H groups in total. The topological polar surface area (TPSA) is 54.9 Å². The fourth-order valence-electron chi connectivity index (χ4n) is 2.81. The first kappa shape index (κ1) is 19.9. The van der Waals surface area contributed by atoms with Crippen LogP contribution in [0.4, 0.5) is 0 Å². The van der Waals surface area contributed by atoms with Crippen LogP contribution in [0.2, 0.25) is 0 Å². The molecule has 1 aliphatic carbocycles. The van der Waals surface area contributed by atoms with Crippen LogP contribution in [-0.2, 0) is 6.54 Å². The van der Waals surface area contributed by atoms with Crippen LogP contribution in [0.25, 0.3) is 0 Å². The highest BCUT2D eigenvalue weighted by Crippen LogP contribution is 2.24. The largest absolute Gasteiger partial charge is 0.497 e. The molecular formula is C17H28IN3O2. The first-order chi connectivity index (χ1) is 10.8. The number of halogens is 1. The van der Waals surface area contributed by atoms with Gasteiger partial charge in [-0.05, 0) is 25.0 Å². The summed E-state index contributed by atoms with van der Waals surface area (Å²) < 4.78 is 10.6. The molecular weight excluding hydrogens is 405 g/mol. The summed E-state index contributed by atoms with van der Waals surface area (Å²) in [5.74, 6) is 2.47. The second kappa shape index (κ2) is 10.6. The molecule has 130 valence electrons. The maximum Gasteiger partial charge on any atom is 0.191 e. The molecule has 0 radical (unpaired) electrons. The highest BCUT2D eigenvalue weighted by molar-refractivity contribution is 14.0. The lowest BCUT2D eigenvalue weighted by Crippen LogP contribution is -2.43. The Morgan fingerprint density at radius 3 is 2.52 bits per heavy atom. The van der Waals surface area contributed by atoms with Crippen LogP contribution >= 0.6 is 24.0 Å². The summed E-state index contributed by atoms with van der Waals surface area (Å²) in [5, 5.41) is 6.87. The van der Waals surface area contributed by atoms with Crippen molar-refractivity contribution in [3.8, 4) is 11.5 Å². The lowest BCUT2D eigenvalue weighted by molar-refractivity contribution is 0.390. The number of rotatable bonds is 5. The van der Waals surface area contributed by atoms with Crippen LogP contribution in [-0.4, -0.2) is 33.3 Å². The Morgan fingerprint density at radius 1 is 1.17 bits per heavy atom. The van der Waals surface area contributed by atoms with Crippen molar-refractivity contribution in [2.75, 3.05) is 21.3 Å². The van der Waals surface area contributed by atoms with E-state index in [1.54, 1.807) is 14.2 Å². The zero-order valence-electron chi connectivity index (χ0n) is 14.2. The number of hydrogen-bond donors (Lipinski definition) is 2. The van der Waals surface area contributed by atoms with Gasteiger partial charge >= 0.3 is 0 Å². The fourth-order valence-corrected chi connectivity index (χ4v) is 2.81. The molecule has 0 bridgehead atoms. The van der Waals surface area contributed by atoms with Crippen LogP contribution in [0.15, 0.2) is 23.2 Å². The number of methoxy groups -OCH3 is 2. The van der Waals surface area contributed by atoms with Gasteiger partial charge in [0.1, 0.15) is 11.5 Å². The average molecular weight is 433 g/mol. The molecule has 0 amide bonds. The summed E-state index contributed by atoms with van der Waals surface area (Å²) >= 11 is 0. The molecule has 6 heteroatoms. The van der Waals surface area contributed by atoms with Gasteiger partial charge in [0.25, 0.3) is 0 Å². The van der Waals surface area contributed by atoms with E-state index < -0.39 is 0 Å². The molecule has 0 saturated heterocycles. The maximum absolute atomic E-state index is 5.42. The molecule has 0 atom stereocenters. The molecule has 0 unspecified atom stereocenters. The number of ether oxygens (including phenoxy) is 2. The third-order valence-electron chi connectivity index (χ3n) is 4.11. The van der Waals surface area contributed by atoms with E-state index in [4.69, 9.17) is 9.47 Å². The van der Waals surface area contributed by atoms with Gasteiger partial charge < -0.3 is 20.1 Å². The Labute approximate surface area is 156 Å². The second-order valence-corrected chi connectivity index (χ2v) is 5.58. The Kier molecular flexibility index (Phi) is 9.13. The summed E-state index contributed by atoms with van der Waals surface area (Å²) in [6, 6.07) is 6.39. The minimum absolute atomic E-state index is 0. The van der Waals surface area contributed by atoms with Crippen LogP contribution in [0.3, 0.4) is 0 Å². The number of aliphatic imine (C=N–C) groups is 1. The van der Waals surface area contributed by atoms with E-state index in [1.807, 2.05) is 25.2 Å². The first-order valence-corrected chi connectivity index (χ1v) is 7.95. The number of hydrogen-bond acceptors (Lipinski definition) is 3. The normalized spacial score (nSPS) is 15.5. The van der Waals surface area contributed by atoms with E-state index in [0.717, 1.165) is 23.0 Å². The Hall–Kier alpha value is -1.18. The Morgan fingerprint density at radius 2 is 1.91 bits per heavy atom. The van der Waals surface area contributed by atoms with E-state index >= 15 is 0 Å². The molecule has 0 aromatic heterocycles. The standard InChI is InChI=1S/C17H27N3O2.HI/c1-18-17(20-14-7-5-4-6-8-14)19-12-13-9-10-15(21-2)11-16(13)22-3;/h9-11,14H,4-8,12H2,1-3H3,(H2,18,19,20);1H. The second-order valence-electron chi connectivity index (χ2n) is 5.58. The maximum atomic E-state index is 5.42. The monoisotopic (exact) mass is 433 g/mol. The van der Waals surface area contributed by atoms with Crippen molar-refractivity contribution in [1.29, 1.82) is 0 Å². The van der Waals surface area contributed by atoms with E-state index in [9.17, 15) is 0 Å². The van der Waals surface area contributed by atoms with Gasteiger partial charge in [0.2, 0.25) is 0 Å². The predicted molar refractivity (Wildman–Crippen MR) is 105 cm³/mol. The molecule has 0 heterocycles. The van der Waals surface area contributed by atoms with Crippen LogP contribution in [0, 0.1) is 0 Å². The smallest absolute Gasteiger partial charge is 0.191 e. The van der Waals surface area contributed by atoms with Gasteiger partial charge in [0.05, 0.1) is 14.2 Å². The van der Waals surface area contributed by atoms with Crippen molar-refractivity contribution < 1.29 is 9.47 Å². The van der Waals surface area contributed by atoms with Crippen molar-refractivity contribution in [3.05, 3.63) is 23.8 Å². The van der Waals surface area contributed by atoms with E-state index in [-0.39, 0.29) is 24.0 Å². The zero-order valence-corrected chi connectivity index (χ0v) is 16.6. The van der Waals surface area contributed by atoms with Gasteiger partial charge in [-0.2, -0.15) is 0 Å². The third kappa shape index (κ3) is 6.08. The predicted octanol–water partition coefficient (Wildman–Crippen LogP) is 3.32. The lowest BCUT2D eigenvalue weighted by Gasteiger charge is -2.25. The molecule has 23 heavy (non-hydrogen) atoms. The highest BCUT2D eigenvalue weighted by Gasteiger charge is 2.14. The molecule has 2 rings (SSSR count). The van der Waals surface area contributed by atoms with Gasteiger partial charge in [0, 0.05) is 31.3 Å². The quantitative estimate of drug-likeness (QED) is 0.425. The van der Waals surface area contributed by atoms with Crippen LogP contribution in [0.5, 0.6) is 11.5 Å². The summed E-state index contributed by atoms with van der Waals surface area (Å²) in [7, 11) is 5.14.